The van der Waals surface area contributed by atoms with E-state index >= 15 is 0 Å². The predicted octanol–water partition coefficient (Wildman–Crippen LogP) is 3.37. The molecule has 0 amide bonds. The molecule has 1 N–H and O–H groups in total. The van der Waals surface area contributed by atoms with Crippen molar-refractivity contribution in [1.82, 2.24) is 4.98 Å². The summed E-state index contributed by atoms with van der Waals surface area (Å²) in [5, 5.41) is 8.81. The summed E-state index contributed by atoms with van der Waals surface area (Å²) in [4.78, 5) is 14.6. The highest BCUT2D eigenvalue weighted by atomic mass is 19.4. The number of halogens is 3. The van der Waals surface area contributed by atoms with Crippen LogP contribution in [0, 0.1) is 6.92 Å². The molecule has 0 unspecified atom stereocenters. The van der Waals surface area contributed by atoms with E-state index in [1.165, 1.54) is 12.1 Å². The summed E-state index contributed by atoms with van der Waals surface area (Å²) in [6.45, 7) is 1.60. The van der Waals surface area contributed by atoms with Gasteiger partial charge in [0, 0.05) is 0 Å². The van der Waals surface area contributed by atoms with E-state index in [1.54, 1.807) is 6.92 Å². The fourth-order valence-electron chi connectivity index (χ4n) is 1.51. The average Bonchev–Trinajstić information content (AvgIpc) is 2.78. The van der Waals surface area contributed by atoms with Gasteiger partial charge in [0.1, 0.15) is 11.4 Å². The molecule has 0 fully saturated rings. The fraction of sp³-hybridized carbons (Fsp3) is 0.167. The largest absolute Gasteiger partial charge is 0.477 e. The molecule has 2 heterocycles. The van der Waals surface area contributed by atoms with Crippen molar-refractivity contribution in [2.75, 3.05) is 0 Å². The molecule has 7 heteroatoms. The van der Waals surface area contributed by atoms with Crippen LogP contribution in [0.1, 0.15) is 21.8 Å². The molecule has 19 heavy (non-hydrogen) atoms. The standard InChI is InChI=1S/C12H8F3NO3/c1-6-2-3-7(11(17)18)16-10(6)8-4-5-9(19-8)12(13,14)15/h2-5H,1H3,(H,17,18). The molecule has 0 aliphatic rings. The number of pyridine rings is 1. The zero-order valence-electron chi connectivity index (χ0n) is 9.65. The van der Waals surface area contributed by atoms with Crippen LogP contribution in [0.2, 0.25) is 0 Å². The van der Waals surface area contributed by atoms with Gasteiger partial charge in [-0.15, -0.1) is 0 Å². The lowest BCUT2D eigenvalue weighted by atomic mass is 10.1. The Morgan fingerprint density at radius 2 is 1.95 bits per heavy atom. The molecule has 0 aliphatic carbocycles. The molecular formula is C12H8F3NO3. The number of nitrogens with zero attached hydrogens (tertiary/aromatic N) is 1. The molecule has 2 rings (SSSR count). The minimum Gasteiger partial charge on any atom is -0.477 e. The van der Waals surface area contributed by atoms with E-state index in [9.17, 15) is 18.0 Å². The normalized spacial score (nSPS) is 11.6. The number of carboxylic acids is 1. The van der Waals surface area contributed by atoms with E-state index in [4.69, 9.17) is 5.11 Å². The van der Waals surface area contributed by atoms with Gasteiger partial charge in [0.2, 0.25) is 5.76 Å². The number of carboxylic acid groups (broad SMARTS) is 1. The first-order valence-electron chi connectivity index (χ1n) is 5.17. The second-order valence-corrected chi connectivity index (χ2v) is 3.83. The Kier molecular flexibility index (Phi) is 3.05. The molecule has 4 nitrogen and oxygen atoms in total. The monoisotopic (exact) mass is 271 g/mol. The Bertz CT molecular complexity index is 631. The smallest absolute Gasteiger partial charge is 0.449 e. The van der Waals surface area contributed by atoms with Crippen molar-refractivity contribution in [3.63, 3.8) is 0 Å². The summed E-state index contributed by atoms with van der Waals surface area (Å²) in [7, 11) is 0. The molecule has 0 saturated heterocycles. The first-order valence-corrected chi connectivity index (χ1v) is 5.17. The fourth-order valence-corrected chi connectivity index (χ4v) is 1.51. The number of furan rings is 1. The highest BCUT2D eigenvalue weighted by Gasteiger charge is 2.35. The second-order valence-electron chi connectivity index (χ2n) is 3.83. The summed E-state index contributed by atoms with van der Waals surface area (Å²) in [5.41, 5.74) is 0.342. The van der Waals surface area contributed by atoms with Crippen LogP contribution in [0.15, 0.2) is 28.7 Å². The zero-order valence-corrected chi connectivity index (χ0v) is 9.65. The Labute approximate surface area is 105 Å². The first-order chi connectivity index (χ1) is 8.79. The number of aromatic carboxylic acids is 1. The lowest BCUT2D eigenvalue weighted by Gasteiger charge is -2.04. The van der Waals surface area contributed by atoms with Crippen molar-refractivity contribution in [3.8, 4) is 11.5 Å². The van der Waals surface area contributed by atoms with E-state index in [2.05, 4.69) is 9.40 Å². The van der Waals surface area contributed by atoms with Gasteiger partial charge in [0.25, 0.3) is 0 Å². The van der Waals surface area contributed by atoms with Gasteiger partial charge in [0.15, 0.2) is 5.76 Å². The van der Waals surface area contributed by atoms with Crippen molar-refractivity contribution in [2.24, 2.45) is 0 Å². The molecule has 0 bridgehead atoms. The highest BCUT2D eigenvalue weighted by molar-refractivity contribution is 5.86. The molecule has 0 atom stereocenters. The topological polar surface area (TPSA) is 63.3 Å². The Morgan fingerprint density at radius 3 is 2.47 bits per heavy atom. The van der Waals surface area contributed by atoms with Crippen LogP contribution < -0.4 is 0 Å². The summed E-state index contributed by atoms with van der Waals surface area (Å²) in [6, 6.07) is 4.63. The summed E-state index contributed by atoms with van der Waals surface area (Å²) < 4.78 is 41.9. The van der Waals surface area contributed by atoms with E-state index < -0.39 is 17.9 Å². The number of aryl methyl sites for hydroxylation is 1. The number of hydrogen-bond acceptors (Lipinski definition) is 3. The lowest BCUT2D eigenvalue weighted by molar-refractivity contribution is -0.152. The van der Waals surface area contributed by atoms with Gasteiger partial charge in [-0.25, -0.2) is 9.78 Å². The predicted molar refractivity (Wildman–Crippen MR) is 58.6 cm³/mol. The van der Waals surface area contributed by atoms with E-state index in [0.29, 0.717) is 5.56 Å². The number of aromatic nitrogens is 1. The van der Waals surface area contributed by atoms with E-state index in [0.717, 1.165) is 12.1 Å². The van der Waals surface area contributed by atoms with Gasteiger partial charge in [-0.3, -0.25) is 0 Å². The molecule has 0 saturated carbocycles. The third kappa shape index (κ3) is 2.59. The van der Waals surface area contributed by atoms with Crippen molar-refractivity contribution in [1.29, 1.82) is 0 Å². The lowest BCUT2D eigenvalue weighted by Crippen LogP contribution is -2.03. The van der Waals surface area contributed by atoms with E-state index in [1.807, 2.05) is 0 Å². The van der Waals surface area contributed by atoms with Crippen LogP contribution in [0.25, 0.3) is 11.5 Å². The van der Waals surface area contributed by atoms with Gasteiger partial charge in [0.05, 0.1) is 0 Å². The molecule has 0 spiro atoms. The van der Waals surface area contributed by atoms with Crippen LogP contribution in [0.4, 0.5) is 13.2 Å². The summed E-state index contributed by atoms with van der Waals surface area (Å²) in [6.07, 6.45) is -4.59. The van der Waals surface area contributed by atoms with Crippen molar-refractivity contribution >= 4 is 5.97 Å². The van der Waals surface area contributed by atoms with Crippen molar-refractivity contribution < 1.29 is 27.5 Å². The Balaban J connectivity index is 2.49. The minimum atomic E-state index is -4.59. The second kappa shape index (κ2) is 4.42. The van der Waals surface area contributed by atoms with Gasteiger partial charge in [-0.2, -0.15) is 13.2 Å². The van der Waals surface area contributed by atoms with Crippen LogP contribution in [-0.4, -0.2) is 16.1 Å². The quantitative estimate of drug-likeness (QED) is 0.909. The van der Waals surface area contributed by atoms with Gasteiger partial charge in [-0.1, -0.05) is 6.07 Å². The van der Waals surface area contributed by atoms with Gasteiger partial charge in [-0.05, 0) is 30.7 Å². The summed E-state index contributed by atoms with van der Waals surface area (Å²) >= 11 is 0. The molecule has 100 valence electrons. The Hall–Kier alpha value is -2.31. The maximum Gasteiger partial charge on any atom is 0.449 e. The summed E-state index contributed by atoms with van der Waals surface area (Å²) in [5.74, 6) is -2.53. The molecule has 0 aromatic carbocycles. The van der Waals surface area contributed by atoms with Gasteiger partial charge >= 0.3 is 12.1 Å². The molecule has 0 aliphatic heterocycles. The number of rotatable bonds is 2. The maximum atomic E-state index is 12.4. The van der Waals surface area contributed by atoms with E-state index in [-0.39, 0.29) is 17.1 Å². The van der Waals surface area contributed by atoms with Gasteiger partial charge < -0.3 is 9.52 Å². The number of carbonyl (C=O) groups is 1. The highest BCUT2D eigenvalue weighted by Crippen LogP contribution is 2.34. The Morgan fingerprint density at radius 1 is 1.26 bits per heavy atom. The van der Waals surface area contributed by atoms with Crippen molar-refractivity contribution in [3.05, 3.63) is 41.3 Å². The molecule has 2 aromatic heterocycles. The molecule has 2 aromatic rings. The maximum absolute atomic E-state index is 12.4. The zero-order chi connectivity index (χ0) is 14.2. The average molecular weight is 271 g/mol. The molecule has 0 radical (unpaired) electrons. The minimum absolute atomic E-state index is 0.0791. The first kappa shape index (κ1) is 13.1. The third-order valence-corrected chi connectivity index (χ3v) is 2.43. The van der Waals surface area contributed by atoms with Crippen LogP contribution in [-0.2, 0) is 6.18 Å². The SMILES string of the molecule is Cc1ccc(C(=O)O)nc1-c1ccc(C(F)(F)F)o1. The van der Waals surface area contributed by atoms with Crippen LogP contribution in [0.3, 0.4) is 0 Å². The van der Waals surface area contributed by atoms with Crippen LogP contribution >= 0.6 is 0 Å². The molecular weight excluding hydrogens is 263 g/mol. The van der Waals surface area contributed by atoms with Crippen LogP contribution in [0.5, 0.6) is 0 Å². The number of alkyl halides is 3. The third-order valence-electron chi connectivity index (χ3n) is 2.43. The number of hydrogen-bond donors (Lipinski definition) is 1. The van der Waals surface area contributed by atoms with Crippen molar-refractivity contribution in [2.45, 2.75) is 13.1 Å².